The third kappa shape index (κ3) is 1.69. The van der Waals surface area contributed by atoms with Gasteiger partial charge in [0.05, 0.1) is 11.3 Å². The first-order valence-electron chi connectivity index (χ1n) is 7.61. The van der Waals surface area contributed by atoms with Crippen LogP contribution in [0.3, 0.4) is 0 Å². The first-order chi connectivity index (χ1) is 11.3. The molecule has 0 radical (unpaired) electrons. The average molecular weight is 303 g/mol. The number of aromatic nitrogens is 1. The standard InChI is InChI=1S/C19H15N2O2/c1-20(13-6-3-2-4-7-13)19-14-10-17-18(23-12-22-17)11-16(14)21-9-5-8-15(19)21/h2-11H,12H2,1H3/q+1. The fourth-order valence-electron chi connectivity index (χ4n) is 3.38. The van der Waals surface area contributed by atoms with Crippen molar-refractivity contribution in [2.45, 2.75) is 0 Å². The Labute approximate surface area is 133 Å². The lowest BCUT2D eigenvalue weighted by molar-refractivity contribution is -0.403. The number of hydrogen-bond donors (Lipinski definition) is 0. The van der Waals surface area contributed by atoms with Crippen LogP contribution in [0.5, 0.6) is 11.5 Å². The van der Waals surface area contributed by atoms with Crippen LogP contribution in [0.1, 0.15) is 11.3 Å². The first-order valence-corrected chi connectivity index (χ1v) is 7.61. The minimum absolute atomic E-state index is 0.292. The molecule has 3 heterocycles. The van der Waals surface area contributed by atoms with Gasteiger partial charge in [0, 0.05) is 30.5 Å². The summed E-state index contributed by atoms with van der Waals surface area (Å²) in [7, 11) is 2.10. The van der Waals surface area contributed by atoms with Gasteiger partial charge < -0.3 is 14.0 Å². The highest BCUT2D eigenvalue weighted by Crippen LogP contribution is 2.40. The normalized spacial score (nSPS) is 16.2. The summed E-state index contributed by atoms with van der Waals surface area (Å²) in [6.07, 6.45) is 2.09. The van der Waals surface area contributed by atoms with E-state index in [0.29, 0.717) is 6.79 Å². The second kappa shape index (κ2) is 4.49. The van der Waals surface area contributed by atoms with Gasteiger partial charge in [-0.1, -0.05) is 18.2 Å². The fraction of sp³-hybridized carbons (Fsp3) is 0.105. The maximum Gasteiger partial charge on any atom is 0.239 e. The topological polar surface area (TPSA) is 26.4 Å². The fourth-order valence-corrected chi connectivity index (χ4v) is 3.38. The van der Waals surface area contributed by atoms with E-state index in [1.807, 2.05) is 6.07 Å². The largest absolute Gasteiger partial charge is 0.454 e. The lowest BCUT2D eigenvalue weighted by Gasteiger charge is -2.04. The summed E-state index contributed by atoms with van der Waals surface area (Å²) in [4.78, 5) is 0. The molecule has 2 aromatic carbocycles. The van der Waals surface area contributed by atoms with E-state index in [1.54, 1.807) is 0 Å². The molecule has 0 N–H and O–H groups in total. The number of benzene rings is 2. The minimum atomic E-state index is 0.292. The van der Waals surface area contributed by atoms with Crippen molar-refractivity contribution in [3.05, 3.63) is 72.1 Å². The first kappa shape index (κ1) is 12.5. The number of fused-ring (bicyclic) bond motifs is 4. The van der Waals surface area contributed by atoms with E-state index in [4.69, 9.17) is 9.47 Å². The minimum Gasteiger partial charge on any atom is -0.454 e. The van der Waals surface area contributed by atoms with E-state index in [9.17, 15) is 0 Å². The van der Waals surface area contributed by atoms with Crippen molar-refractivity contribution in [3.63, 3.8) is 0 Å². The molecule has 0 spiro atoms. The molecule has 23 heavy (non-hydrogen) atoms. The van der Waals surface area contributed by atoms with Crippen LogP contribution in [-0.2, 0) is 0 Å². The van der Waals surface area contributed by atoms with Gasteiger partial charge in [-0.25, -0.2) is 0 Å². The Kier molecular flexibility index (Phi) is 2.45. The van der Waals surface area contributed by atoms with Crippen LogP contribution in [0.4, 0.5) is 5.69 Å². The molecule has 3 aromatic rings. The number of para-hydroxylation sites is 1. The van der Waals surface area contributed by atoms with Crippen LogP contribution in [0.2, 0.25) is 0 Å². The Morgan fingerprint density at radius 3 is 2.57 bits per heavy atom. The van der Waals surface area contributed by atoms with E-state index in [1.165, 1.54) is 11.4 Å². The van der Waals surface area contributed by atoms with Gasteiger partial charge in [0.1, 0.15) is 12.7 Å². The molecule has 112 valence electrons. The van der Waals surface area contributed by atoms with Crippen molar-refractivity contribution in [2.24, 2.45) is 0 Å². The maximum absolute atomic E-state index is 5.57. The van der Waals surface area contributed by atoms with Crippen LogP contribution < -0.4 is 9.47 Å². The van der Waals surface area contributed by atoms with E-state index in [0.717, 1.165) is 28.4 Å². The molecule has 0 fully saturated rings. The summed E-state index contributed by atoms with van der Waals surface area (Å²) >= 11 is 0. The molecule has 0 unspecified atom stereocenters. The van der Waals surface area contributed by atoms with Crippen molar-refractivity contribution >= 4 is 11.4 Å². The predicted octanol–water partition coefficient (Wildman–Crippen LogP) is 3.33. The van der Waals surface area contributed by atoms with Crippen molar-refractivity contribution < 1.29 is 14.0 Å². The molecule has 0 aliphatic carbocycles. The summed E-state index contributed by atoms with van der Waals surface area (Å²) in [5.74, 6) is 1.63. The van der Waals surface area contributed by atoms with Crippen molar-refractivity contribution in [1.29, 1.82) is 0 Å². The monoisotopic (exact) mass is 303 g/mol. The molecular formula is C19H15N2O2+. The molecule has 0 amide bonds. The molecule has 5 rings (SSSR count). The number of nitrogens with zero attached hydrogens (tertiary/aromatic N) is 2. The summed E-state index contributed by atoms with van der Waals surface area (Å²) < 4.78 is 15.5. The SMILES string of the molecule is C[N+](=C1c2cc3c(cc2-n2cccc21)OCO3)c1ccccc1. The number of rotatable bonds is 1. The van der Waals surface area contributed by atoms with Gasteiger partial charge in [0.2, 0.25) is 18.2 Å². The van der Waals surface area contributed by atoms with E-state index < -0.39 is 0 Å². The average Bonchev–Trinajstić information content (AvgIpc) is 3.28. The van der Waals surface area contributed by atoms with E-state index >= 15 is 0 Å². The van der Waals surface area contributed by atoms with Crippen molar-refractivity contribution in [1.82, 2.24) is 4.57 Å². The van der Waals surface area contributed by atoms with E-state index in [-0.39, 0.29) is 0 Å². The Morgan fingerprint density at radius 1 is 0.957 bits per heavy atom. The van der Waals surface area contributed by atoms with Gasteiger partial charge in [-0.15, -0.1) is 0 Å². The molecule has 2 aliphatic rings. The second-order valence-corrected chi connectivity index (χ2v) is 5.73. The predicted molar refractivity (Wildman–Crippen MR) is 87.4 cm³/mol. The zero-order valence-electron chi connectivity index (χ0n) is 12.7. The van der Waals surface area contributed by atoms with Gasteiger partial charge in [0.15, 0.2) is 11.5 Å². The van der Waals surface area contributed by atoms with Crippen molar-refractivity contribution in [3.8, 4) is 17.2 Å². The van der Waals surface area contributed by atoms with Crippen LogP contribution in [0.25, 0.3) is 5.69 Å². The maximum atomic E-state index is 5.57. The second-order valence-electron chi connectivity index (χ2n) is 5.73. The Hall–Kier alpha value is -3.01. The van der Waals surface area contributed by atoms with Crippen LogP contribution in [0, 0.1) is 0 Å². The van der Waals surface area contributed by atoms with Gasteiger partial charge >= 0.3 is 0 Å². The highest BCUT2D eigenvalue weighted by molar-refractivity contribution is 6.15. The lowest BCUT2D eigenvalue weighted by atomic mass is 10.1. The molecule has 0 saturated carbocycles. The van der Waals surface area contributed by atoms with Gasteiger partial charge in [-0.3, -0.25) is 0 Å². The highest BCUT2D eigenvalue weighted by atomic mass is 16.7. The van der Waals surface area contributed by atoms with Crippen LogP contribution >= 0.6 is 0 Å². The molecule has 0 bridgehead atoms. The summed E-state index contributed by atoms with van der Waals surface area (Å²) in [6.45, 7) is 0.292. The molecule has 0 atom stereocenters. The summed E-state index contributed by atoms with van der Waals surface area (Å²) in [5.41, 5.74) is 5.80. The lowest BCUT2D eigenvalue weighted by Crippen LogP contribution is -2.13. The third-order valence-electron chi connectivity index (χ3n) is 4.48. The smallest absolute Gasteiger partial charge is 0.239 e. The molecule has 4 heteroatoms. The molecule has 0 saturated heterocycles. The van der Waals surface area contributed by atoms with Gasteiger partial charge in [-0.2, -0.15) is 4.58 Å². The quantitative estimate of drug-likeness (QED) is 0.504. The number of hydrogen-bond acceptors (Lipinski definition) is 2. The van der Waals surface area contributed by atoms with Crippen molar-refractivity contribution in [2.75, 3.05) is 13.8 Å². The van der Waals surface area contributed by atoms with E-state index in [2.05, 4.69) is 70.9 Å². The highest BCUT2D eigenvalue weighted by Gasteiger charge is 2.34. The third-order valence-corrected chi connectivity index (χ3v) is 4.48. The summed E-state index contributed by atoms with van der Waals surface area (Å²) in [5, 5.41) is 0. The zero-order valence-corrected chi connectivity index (χ0v) is 12.7. The molecule has 4 nitrogen and oxygen atoms in total. The van der Waals surface area contributed by atoms with Crippen LogP contribution in [-0.4, -0.2) is 28.7 Å². The molecular weight excluding hydrogens is 288 g/mol. The van der Waals surface area contributed by atoms with Crippen LogP contribution in [0.15, 0.2) is 60.8 Å². The summed E-state index contributed by atoms with van der Waals surface area (Å²) in [6, 6.07) is 18.7. The Balaban J connectivity index is 1.82. The molecule has 1 aromatic heterocycles. The molecule has 2 aliphatic heterocycles. The Bertz CT molecular complexity index is 955. The Morgan fingerprint density at radius 2 is 1.74 bits per heavy atom. The van der Waals surface area contributed by atoms with Gasteiger partial charge in [0.25, 0.3) is 0 Å². The van der Waals surface area contributed by atoms with Gasteiger partial charge in [-0.05, 0) is 12.1 Å². The zero-order chi connectivity index (χ0) is 15.4. The number of ether oxygens (including phenoxy) is 2.